The van der Waals surface area contributed by atoms with Crippen LogP contribution in [0.4, 0.5) is 0 Å². The first kappa shape index (κ1) is 8.09. The predicted octanol–water partition coefficient (Wildman–Crippen LogP) is 1.94. The van der Waals surface area contributed by atoms with Crippen LogP contribution in [-0.2, 0) is 4.79 Å². The molecule has 0 aromatic rings. The Balaban J connectivity index is 1.98. The van der Waals surface area contributed by atoms with Crippen LogP contribution < -0.4 is 0 Å². The molecule has 1 heterocycles. The summed E-state index contributed by atoms with van der Waals surface area (Å²) in [5.41, 5.74) is 0.367. The van der Waals surface area contributed by atoms with Crippen molar-refractivity contribution in [2.24, 2.45) is 0 Å². The Morgan fingerprint density at radius 3 is 2.75 bits per heavy atom. The van der Waals surface area contributed by atoms with Crippen LogP contribution in [-0.4, -0.2) is 22.9 Å². The summed E-state index contributed by atoms with van der Waals surface area (Å²) in [6.45, 7) is 3.10. The standard InChI is InChI=1S/C10H17NO/c1-2-4-9(12)11-8-3-5-10(11)6-7-10/h2-8H2,1H3. The Hall–Kier alpha value is -0.530. The van der Waals surface area contributed by atoms with Crippen molar-refractivity contribution >= 4 is 5.91 Å². The minimum atomic E-state index is 0.367. The molecule has 2 aliphatic rings. The predicted molar refractivity (Wildman–Crippen MR) is 47.8 cm³/mol. The van der Waals surface area contributed by atoms with E-state index in [4.69, 9.17) is 0 Å². The molecule has 0 N–H and O–H groups in total. The fourth-order valence-electron chi connectivity index (χ4n) is 2.34. The number of hydrogen-bond acceptors (Lipinski definition) is 1. The molecule has 0 bridgehead atoms. The average molecular weight is 167 g/mol. The molecule has 0 radical (unpaired) electrons. The Labute approximate surface area is 73.9 Å². The molecule has 1 aliphatic heterocycles. The first-order valence-electron chi connectivity index (χ1n) is 5.09. The Kier molecular flexibility index (Phi) is 1.85. The van der Waals surface area contributed by atoms with Crippen LogP contribution in [0.1, 0.15) is 45.4 Å². The van der Waals surface area contributed by atoms with E-state index in [1.54, 1.807) is 0 Å². The maximum absolute atomic E-state index is 11.6. The van der Waals surface area contributed by atoms with E-state index in [0.29, 0.717) is 11.4 Å². The van der Waals surface area contributed by atoms with Gasteiger partial charge in [0.15, 0.2) is 0 Å². The summed E-state index contributed by atoms with van der Waals surface area (Å²) in [4.78, 5) is 13.8. The molecule has 1 spiro atoms. The smallest absolute Gasteiger partial charge is 0.223 e. The van der Waals surface area contributed by atoms with Gasteiger partial charge in [0.25, 0.3) is 0 Å². The minimum Gasteiger partial charge on any atom is -0.337 e. The molecule has 2 rings (SSSR count). The van der Waals surface area contributed by atoms with Gasteiger partial charge in [0, 0.05) is 18.5 Å². The largest absolute Gasteiger partial charge is 0.337 e. The summed E-state index contributed by atoms with van der Waals surface area (Å²) < 4.78 is 0. The SMILES string of the molecule is CCCC(=O)N1CCCC12CC2. The lowest BCUT2D eigenvalue weighted by atomic mass is 10.2. The van der Waals surface area contributed by atoms with E-state index in [9.17, 15) is 4.79 Å². The van der Waals surface area contributed by atoms with Crippen LogP contribution in [0.15, 0.2) is 0 Å². The third-order valence-corrected chi connectivity index (χ3v) is 3.19. The third-order valence-electron chi connectivity index (χ3n) is 3.19. The van der Waals surface area contributed by atoms with Crippen LogP contribution in [0.25, 0.3) is 0 Å². The van der Waals surface area contributed by atoms with E-state index >= 15 is 0 Å². The number of hydrogen-bond donors (Lipinski definition) is 0. The Morgan fingerprint density at radius 2 is 2.17 bits per heavy atom. The van der Waals surface area contributed by atoms with Crippen LogP contribution in [0.3, 0.4) is 0 Å². The van der Waals surface area contributed by atoms with Crippen molar-refractivity contribution < 1.29 is 4.79 Å². The highest BCUT2D eigenvalue weighted by atomic mass is 16.2. The zero-order valence-electron chi connectivity index (χ0n) is 7.81. The molecule has 0 atom stereocenters. The molecule has 1 saturated carbocycles. The average Bonchev–Trinajstić information content (AvgIpc) is 2.63. The van der Waals surface area contributed by atoms with Crippen molar-refractivity contribution in [1.82, 2.24) is 4.90 Å². The number of likely N-dealkylation sites (tertiary alicyclic amines) is 1. The van der Waals surface area contributed by atoms with Crippen molar-refractivity contribution in [2.45, 2.75) is 51.0 Å². The molecular weight excluding hydrogens is 150 g/mol. The molecule has 2 nitrogen and oxygen atoms in total. The second kappa shape index (κ2) is 2.75. The van der Waals surface area contributed by atoms with Crippen molar-refractivity contribution in [2.75, 3.05) is 6.54 Å². The fourth-order valence-corrected chi connectivity index (χ4v) is 2.34. The number of rotatable bonds is 2. The lowest BCUT2D eigenvalue weighted by Crippen LogP contribution is -2.36. The monoisotopic (exact) mass is 167 g/mol. The van der Waals surface area contributed by atoms with Gasteiger partial charge in [-0.15, -0.1) is 0 Å². The molecule has 0 unspecified atom stereocenters. The summed E-state index contributed by atoms with van der Waals surface area (Å²) in [6.07, 6.45) is 6.77. The molecule has 2 heteroatoms. The first-order chi connectivity index (χ1) is 5.78. The maximum Gasteiger partial charge on any atom is 0.223 e. The molecule has 12 heavy (non-hydrogen) atoms. The molecule has 0 aromatic carbocycles. The van der Waals surface area contributed by atoms with E-state index in [1.165, 1.54) is 25.7 Å². The van der Waals surface area contributed by atoms with Crippen molar-refractivity contribution in [3.63, 3.8) is 0 Å². The molecule has 1 aliphatic carbocycles. The number of nitrogens with zero attached hydrogens (tertiary/aromatic N) is 1. The number of amides is 1. The van der Waals surface area contributed by atoms with E-state index in [-0.39, 0.29) is 0 Å². The third kappa shape index (κ3) is 1.13. The van der Waals surface area contributed by atoms with Gasteiger partial charge in [0.05, 0.1) is 0 Å². The van der Waals surface area contributed by atoms with Crippen LogP contribution >= 0.6 is 0 Å². The van der Waals surface area contributed by atoms with E-state index in [0.717, 1.165) is 19.4 Å². The fraction of sp³-hybridized carbons (Fsp3) is 0.900. The highest BCUT2D eigenvalue weighted by Crippen LogP contribution is 2.49. The molecule has 1 saturated heterocycles. The maximum atomic E-state index is 11.6. The number of carbonyl (C=O) groups is 1. The zero-order chi connectivity index (χ0) is 8.60. The summed E-state index contributed by atoms with van der Waals surface area (Å²) in [7, 11) is 0. The molecule has 2 fully saturated rings. The topological polar surface area (TPSA) is 20.3 Å². The minimum absolute atomic E-state index is 0.367. The summed E-state index contributed by atoms with van der Waals surface area (Å²) in [6, 6.07) is 0. The van der Waals surface area contributed by atoms with Gasteiger partial charge in [-0.3, -0.25) is 4.79 Å². The molecular formula is C10H17NO. The van der Waals surface area contributed by atoms with Gasteiger partial charge in [-0.05, 0) is 32.1 Å². The zero-order valence-corrected chi connectivity index (χ0v) is 7.81. The number of carbonyl (C=O) groups excluding carboxylic acids is 1. The highest BCUT2D eigenvalue weighted by molar-refractivity contribution is 5.77. The Bertz CT molecular complexity index is 196. The lowest BCUT2D eigenvalue weighted by Gasteiger charge is -2.23. The van der Waals surface area contributed by atoms with Crippen molar-refractivity contribution in [1.29, 1.82) is 0 Å². The summed E-state index contributed by atoms with van der Waals surface area (Å²) >= 11 is 0. The van der Waals surface area contributed by atoms with Crippen LogP contribution in [0.2, 0.25) is 0 Å². The second-order valence-corrected chi connectivity index (χ2v) is 4.12. The first-order valence-corrected chi connectivity index (χ1v) is 5.09. The summed E-state index contributed by atoms with van der Waals surface area (Å²) in [5.74, 6) is 0.396. The van der Waals surface area contributed by atoms with Gasteiger partial charge in [0.1, 0.15) is 0 Å². The van der Waals surface area contributed by atoms with Gasteiger partial charge in [-0.25, -0.2) is 0 Å². The van der Waals surface area contributed by atoms with Gasteiger partial charge < -0.3 is 4.90 Å². The molecule has 0 aromatic heterocycles. The van der Waals surface area contributed by atoms with Crippen molar-refractivity contribution in [3.8, 4) is 0 Å². The normalized spacial score (nSPS) is 24.9. The molecule has 68 valence electrons. The van der Waals surface area contributed by atoms with Gasteiger partial charge in [-0.1, -0.05) is 6.92 Å². The van der Waals surface area contributed by atoms with Crippen LogP contribution in [0, 0.1) is 0 Å². The van der Waals surface area contributed by atoms with E-state index in [2.05, 4.69) is 11.8 Å². The quantitative estimate of drug-likeness (QED) is 0.615. The van der Waals surface area contributed by atoms with E-state index < -0.39 is 0 Å². The molecule has 1 amide bonds. The Morgan fingerprint density at radius 1 is 1.42 bits per heavy atom. The van der Waals surface area contributed by atoms with Gasteiger partial charge in [-0.2, -0.15) is 0 Å². The lowest BCUT2D eigenvalue weighted by molar-refractivity contribution is -0.132. The second-order valence-electron chi connectivity index (χ2n) is 4.12. The highest BCUT2D eigenvalue weighted by Gasteiger charge is 2.52. The van der Waals surface area contributed by atoms with Crippen molar-refractivity contribution in [3.05, 3.63) is 0 Å². The van der Waals surface area contributed by atoms with Gasteiger partial charge >= 0.3 is 0 Å². The van der Waals surface area contributed by atoms with Crippen LogP contribution in [0.5, 0.6) is 0 Å². The van der Waals surface area contributed by atoms with E-state index in [1.807, 2.05) is 0 Å². The summed E-state index contributed by atoms with van der Waals surface area (Å²) in [5, 5.41) is 0. The van der Waals surface area contributed by atoms with Gasteiger partial charge in [0.2, 0.25) is 5.91 Å².